The number of pyridine rings is 1. The minimum absolute atomic E-state index is 0.111. The summed E-state index contributed by atoms with van der Waals surface area (Å²) < 4.78 is 5.20. The molecule has 0 saturated heterocycles. The summed E-state index contributed by atoms with van der Waals surface area (Å²) in [6.07, 6.45) is 5.12. The average molecular weight is 252 g/mol. The first-order valence-electron chi connectivity index (χ1n) is 6.26. The predicted molar refractivity (Wildman–Crippen MR) is 73.9 cm³/mol. The Balaban J connectivity index is 2.02. The van der Waals surface area contributed by atoms with E-state index in [-0.39, 0.29) is 5.92 Å². The molecule has 0 radical (unpaired) electrons. The maximum atomic E-state index is 9.26. The van der Waals surface area contributed by atoms with Gasteiger partial charge in [-0.15, -0.1) is 0 Å². The Bertz CT molecular complexity index is 560. The lowest BCUT2D eigenvalue weighted by atomic mass is 9.95. The van der Waals surface area contributed by atoms with Crippen LogP contribution in [0.2, 0.25) is 0 Å². The van der Waals surface area contributed by atoms with Crippen LogP contribution in [-0.2, 0) is 6.42 Å². The summed E-state index contributed by atoms with van der Waals surface area (Å²) >= 11 is 0. The number of nitrogens with zero attached hydrogens (tertiary/aromatic N) is 2. The number of benzene rings is 1. The summed E-state index contributed by atoms with van der Waals surface area (Å²) in [5.74, 6) is 0.743. The second-order valence-electron chi connectivity index (χ2n) is 4.36. The molecular formula is C16H16N2O. The molecule has 0 fully saturated rings. The molecule has 0 unspecified atom stereocenters. The van der Waals surface area contributed by atoms with Crippen molar-refractivity contribution >= 4 is 0 Å². The van der Waals surface area contributed by atoms with Gasteiger partial charge in [0.2, 0.25) is 0 Å². The quantitative estimate of drug-likeness (QED) is 0.820. The van der Waals surface area contributed by atoms with Gasteiger partial charge in [0.1, 0.15) is 5.75 Å². The average Bonchev–Trinajstić information content (AvgIpc) is 2.49. The molecule has 0 aliphatic carbocycles. The van der Waals surface area contributed by atoms with Crippen LogP contribution < -0.4 is 4.74 Å². The van der Waals surface area contributed by atoms with Crippen LogP contribution in [0.25, 0.3) is 0 Å². The van der Waals surface area contributed by atoms with Gasteiger partial charge in [-0.2, -0.15) is 5.26 Å². The number of nitriles is 1. The standard InChI is InChI=1S/C16H16N2O/c1-19-16-6-2-4-13(10-16)7-8-14(11-17)15-5-3-9-18-12-15/h2-6,9-10,12,14H,7-8H2,1H3/t14-/m0/s1. The molecule has 1 aromatic carbocycles. The lowest BCUT2D eigenvalue weighted by molar-refractivity contribution is 0.414. The van der Waals surface area contributed by atoms with Gasteiger partial charge in [0.15, 0.2) is 0 Å². The summed E-state index contributed by atoms with van der Waals surface area (Å²) in [5.41, 5.74) is 2.16. The molecule has 1 aromatic heterocycles. The van der Waals surface area contributed by atoms with E-state index in [0.29, 0.717) is 0 Å². The van der Waals surface area contributed by atoms with E-state index in [4.69, 9.17) is 4.74 Å². The fourth-order valence-corrected chi connectivity index (χ4v) is 2.03. The van der Waals surface area contributed by atoms with Gasteiger partial charge in [0.25, 0.3) is 0 Å². The van der Waals surface area contributed by atoms with E-state index in [0.717, 1.165) is 24.2 Å². The molecule has 3 heteroatoms. The van der Waals surface area contributed by atoms with E-state index < -0.39 is 0 Å². The molecule has 19 heavy (non-hydrogen) atoms. The van der Waals surface area contributed by atoms with Crippen LogP contribution >= 0.6 is 0 Å². The third-order valence-electron chi connectivity index (χ3n) is 3.10. The largest absolute Gasteiger partial charge is 0.497 e. The molecule has 3 nitrogen and oxygen atoms in total. The van der Waals surface area contributed by atoms with Gasteiger partial charge in [-0.3, -0.25) is 4.98 Å². The molecular weight excluding hydrogens is 236 g/mol. The number of hydrogen-bond acceptors (Lipinski definition) is 3. The number of aromatic nitrogens is 1. The minimum Gasteiger partial charge on any atom is -0.497 e. The van der Waals surface area contributed by atoms with Crippen molar-refractivity contribution in [2.45, 2.75) is 18.8 Å². The van der Waals surface area contributed by atoms with Crippen LogP contribution in [0.3, 0.4) is 0 Å². The zero-order chi connectivity index (χ0) is 13.5. The minimum atomic E-state index is -0.111. The molecule has 2 aromatic rings. The second kappa shape index (κ2) is 6.55. The highest BCUT2D eigenvalue weighted by Crippen LogP contribution is 2.21. The number of hydrogen-bond donors (Lipinski definition) is 0. The maximum Gasteiger partial charge on any atom is 0.119 e. The fraction of sp³-hybridized carbons (Fsp3) is 0.250. The van der Waals surface area contributed by atoms with E-state index in [9.17, 15) is 5.26 Å². The van der Waals surface area contributed by atoms with Crippen LogP contribution in [0, 0.1) is 11.3 Å². The molecule has 0 bridgehead atoms. The monoisotopic (exact) mass is 252 g/mol. The Morgan fingerprint density at radius 1 is 1.32 bits per heavy atom. The van der Waals surface area contributed by atoms with Crippen molar-refractivity contribution in [1.29, 1.82) is 5.26 Å². The van der Waals surface area contributed by atoms with Crippen molar-refractivity contribution in [3.05, 3.63) is 59.9 Å². The zero-order valence-electron chi connectivity index (χ0n) is 10.9. The molecule has 0 aliphatic heterocycles. The number of rotatable bonds is 5. The third-order valence-corrected chi connectivity index (χ3v) is 3.10. The van der Waals surface area contributed by atoms with Gasteiger partial charge in [-0.25, -0.2) is 0 Å². The Hall–Kier alpha value is -2.34. The van der Waals surface area contributed by atoms with Crippen LogP contribution in [0.5, 0.6) is 5.75 Å². The lowest BCUT2D eigenvalue weighted by Crippen LogP contribution is -1.99. The van der Waals surface area contributed by atoms with Crippen molar-refractivity contribution in [3.63, 3.8) is 0 Å². The number of aryl methyl sites for hydroxylation is 1. The van der Waals surface area contributed by atoms with Crippen LogP contribution in [0.15, 0.2) is 48.8 Å². The summed E-state index contributed by atoms with van der Waals surface area (Å²) in [4.78, 5) is 4.06. The first-order chi connectivity index (χ1) is 9.33. The Kier molecular flexibility index (Phi) is 4.52. The molecule has 1 heterocycles. The third kappa shape index (κ3) is 3.56. The number of ether oxygens (including phenoxy) is 1. The van der Waals surface area contributed by atoms with Crippen molar-refractivity contribution in [2.24, 2.45) is 0 Å². The van der Waals surface area contributed by atoms with Gasteiger partial charge in [-0.1, -0.05) is 18.2 Å². The lowest BCUT2D eigenvalue weighted by Gasteiger charge is -2.09. The summed E-state index contributed by atoms with van der Waals surface area (Å²) in [7, 11) is 1.66. The highest BCUT2D eigenvalue weighted by molar-refractivity contribution is 5.29. The van der Waals surface area contributed by atoms with E-state index in [2.05, 4.69) is 17.1 Å². The zero-order valence-corrected chi connectivity index (χ0v) is 10.9. The predicted octanol–water partition coefficient (Wildman–Crippen LogP) is 3.33. The van der Waals surface area contributed by atoms with Gasteiger partial charge >= 0.3 is 0 Å². The van der Waals surface area contributed by atoms with Crippen LogP contribution in [0.4, 0.5) is 0 Å². The second-order valence-corrected chi connectivity index (χ2v) is 4.36. The molecule has 2 rings (SSSR count). The van der Waals surface area contributed by atoms with Crippen molar-refractivity contribution < 1.29 is 4.74 Å². The molecule has 0 spiro atoms. The van der Waals surface area contributed by atoms with Gasteiger partial charge in [-0.05, 0) is 42.2 Å². The smallest absolute Gasteiger partial charge is 0.119 e. The number of methoxy groups -OCH3 is 1. The van der Waals surface area contributed by atoms with Crippen molar-refractivity contribution in [2.75, 3.05) is 7.11 Å². The Morgan fingerprint density at radius 2 is 2.21 bits per heavy atom. The first-order valence-corrected chi connectivity index (χ1v) is 6.26. The molecule has 0 saturated carbocycles. The topological polar surface area (TPSA) is 45.9 Å². The van der Waals surface area contributed by atoms with E-state index in [1.807, 2.05) is 30.3 Å². The van der Waals surface area contributed by atoms with Gasteiger partial charge in [0, 0.05) is 12.4 Å². The molecule has 0 N–H and O–H groups in total. The van der Waals surface area contributed by atoms with Crippen LogP contribution in [-0.4, -0.2) is 12.1 Å². The Labute approximate surface area is 113 Å². The SMILES string of the molecule is COc1cccc(CC[C@@H](C#N)c2cccnc2)c1. The summed E-state index contributed by atoms with van der Waals surface area (Å²) in [6.45, 7) is 0. The van der Waals surface area contributed by atoms with Crippen molar-refractivity contribution in [3.8, 4) is 11.8 Å². The molecule has 0 amide bonds. The van der Waals surface area contributed by atoms with E-state index in [1.165, 1.54) is 5.56 Å². The van der Waals surface area contributed by atoms with Crippen LogP contribution in [0.1, 0.15) is 23.5 Å². The normalized spacial score (nSPS) is 11.6. The van der Waals surface area contributed by atoms with Gasteiger partial charge < -0.3 is 4.74 Å². The fourth-order valence-electron chi connectivity index (χ4n) is 2.03. The maximum absolute atomic E-state index is 9.26. The van der Waals surface area contributed by atoms with Crippen molar-refractivity contribution in [1.82, 2.24) is 4.98 Å². The molecule has 0 aliphatic rings. The molecule has 96 valence electrons. The van der Waals surface area contributed by atoms with E-state index >= 15 is 0 Å². The Morgan fingerprint density at radius 3 is 2.89 bits per heavy atom. The summed E-state index contributed by atoms with van der Waals surface area (Å²) in [5, 5.41) is 9.26. The van der Waals surface area contributed by atoms with E-state index in [1.54, 1.807) is 19.5 Å². The first kappa shape index (κ1) is 13.1. The highest BCUT2D eigenvalue weighted by Gasteiger charge is 2.10. The van der Waals surface area contributed by atoms with Gasteiger partial charge in [0.05, 0.1) is 19.1 Å². The molecule has 1 atom stereocenters. The highest BCUT2D eigenvalue weighted by atomic mass is 16.5. The summed E-state index contributed by atoms with van der Waals surface area (Å²) in [6, 6.07) is 14.1.